The van der Waals surface area contributed by atoms with Crippen molar-refractivity contribution in [1.29, 1.82) is 0 Å². The summed E-state index contributed by atoms with van der Waals surface area (Å²) in [5.74, 6) is 0.579. The van der Waals surface area contributed by atoms with E-state index in [2.05, 4.69) is 36.3 Å². The fourth-order valence-electron chi connectivity index (χ4n) is 2.04. The van der Waals surface area contributed by atoms with Crippen molar-refractivity contribution in [3.63, 3.8) is 0 Å². The van der Waals surface area contributed by atoms with Gasteiger partial charge in [-0.3, -0.25) is 0 Å². The molecule has 7 heteroatoms. The molecule has 0 fully saturated rings. The Labute approximate surface area is 128 Å². The Kier molecular flexibility index (Phi) is 4.20. The minimum atomic E-state index is -0.181. The van der Waals surface area contributed by atoms with E-state index in [0.29, 0.717) is 27.1 Å². The van der Waals surface area contributed by atoms with Crippen LogP contribution in [0.3, 0.4) is 0 Å². The highest BCUT2D eigenvalue weighted by Crippen LogP contribution is 2.37. The van der Waals surface area contributed by atoms with E-state index in [4.69, 9.17) is 28.9 Å². The zero-order chi connectivity index (χ0) is 14.9. The molecule has 0 saturated carbocycles. The summed E-state index contributed by atoms with van der Waals surface area (Å²) in [6.07, 6.45) is 1.80. The first-order valence-electron chi connectivity index (χ1n) is 6.46. The summed E-state index contributed by atoms with van der Waals surface area (Å²) >= 11 is 12.3. The molecule has 1 aromatic heterocycles. The van der Waals surface area contributed by atoms with Crippen LogP contribution < -0.4 is 5.73 Å². The summed E-state index contributed by atoms with van der Waals surface area (Å²) < 4.78 is 1.80. The third-order valence-corrected chi connectivity index (χ3v) is 4.60. The standard InChI is InChI=1S/C13H17Cl2N5/c1-4-13(3,5-2)20-12(17-18-19-20)9-6-8(16)7-10(14)11(9)15/h6-7H,4-5,16H2,1-3H3. The number of halogens is 2. The molecule has 0 unspecified atom stereocenters. The topological polar surface area (TPSA) is 69.6 Å². The largest absolute Gasteiger partial charge is 0.399 e. The Bertz CT molecular complexity index is 619. The number of nitrogens with zero attached hydrogens (tertiary/aromatic N) is 4. The van der Waals surface area contributed by atoms with Gasteiger partial charge in [0.25, 0.3) is 0 Å². The number of benzene rings is 1. The number of anilines is 1. The summed E-state index contributed by atoms with van der Waals surface area (Å²) in [7, 11) is 0. The van der Waals surface area contributed by atoms with Gasteiger partial charge in [0.1, 0.15) is 0 Å². The van der Waals surface area contributed by atoms with Gasteiger partial charge in [0.15, 0.2) is 5.82 Å². The van der Waals surface area contributed by atoms with Crippen LogP contribution in [0.4, 0.5) is 5.69 Å². The number of aromatic nitrogens is 4. The molecule has 20 heavy (non-hydrogen) atoms. The Morgan fingerprint density at radius 2 is 1.90 bits per heavy atom. The molecule has 0 spiro atoms. The van der Waals surface area contributed by atoms with Gasteiger partial charge in [0, 0.05) is 11.3 Å². The second-order valence-corrected chi connectivity index (χ2v) is 5.77. The third kappa shape index (κ3) is 2.47. The van der Waals surface area contributed by atoms with Crippen molar-refractivity contribution in [3.8, 4) is 11.4 Å². The average Bonchev–Trinajstić information content (AvgIpc) is 2.91. The molecule has 2 aromatic rings. The highest BCUT2D eigenvalue weighted by molar-refractivity contribution is 6.43. The van der Waals surface area contributed by atoms with Crippen molar-refractivity contribution >= 4 is 28.9 Å². The molecule has 2 N–H and O–H groups in total. The van der Waals surface area contributed by atoms with E-state index in [1.807, 2.05) is 0 Å². The van der Waals surface area contributed by atoms with Crippen molar-refractivity contribution < 1.29 is 0 Å². The second-order valence-electron chi connectivity index (χ2n) is 4.98. The summed E-state index contributed by atoms with van der Waals surface area (Å²) in [5, 5.41) is 12.8. The molecule has 5 nitrogen and oxygen atoms in total. The predicted molar refractivity (Wildman–Crippen MR) is 81.9 cm³/mol. The summed E-state index contributed by atoms with van der Waals surface area (Å²) in [4.78, 5) is 0. The highest BCUT2D eigenvalue weighted by atomic mass is 35.5. The van der Waals surface area contributed by atoms with Crippen LogP contribution in [0.5, 0.6) is 0 Å². The molecule has 2 rings (SSSR count). The third-order valence-electron chi connectivity index (χ3n) is 3.80. The van der Waals surface area contributed by atoms with E-state index in [-0.39, 0.29) is 5.54 Å². The Morgan fingerprint density at radius 3 is 2.50 bits per heavy atom. The van der Waals surface area contributed by atoms with Crippen molar-refractivity contribution in [1.82, 2.24) is 20.2 Å². The van der Waals surface area contributed by atoms with Gasteiger partial charge in [0.05, 0.1) is 15.6 Å². The lowest BCUT2D eigenvalue weighted by atomic mass is 9.95. The van der Waals surface area contributed by atoms with Crippen LogP contribution in [0.15, 0.2) is 12.1 Å². The van der Waals surface area contributed by atoms with Gasteiger partial charge in [0.2, 0.25) is 0 Å². The van der Waals surface area contributed by atoms with Gasteiger partial charge in [-0.05, 0) is 42.3 Å². The van der Waals surface area contributed by atoms with Gasteiger partial charge in [-0.2, -0.15) is 0 Å². The maximum Gasteiger partial charge on any atom is 0.184 e. The van der Waals surface area contributed by atoms with E-state index in [1.165, 1.54) is 0 Å². The Balaban J connectivity index is 2.64. The predicted octanol–water partition coefficient (Wildman–Crippen LogP) is 3.76. The summed E-state index contributed by atoms with van der Waals surface area (Å²) in [6.45, 7) is 6.31. The number of tetrazole rings is 1. The molecule has 0 bridgehead atoms. The lowest BCUT2D eigenvalue weighted by Crippen LogP contribution is -2.30. The zero-order valence-corrected chi connectivity index (χ0v) is 13.2. The van der Waals surface area contributed by atoms with Crippen molar-refractivity contribution in [3.05, 3.63) is 22.2 Å². The fourth-order valence-corrected chi connectivity index (χ4v) is 2.46. The minimum Gasteiger partial charge on any atom is -0.399 e. The molecule has 0 amide bonds. The zero-order valence-electron chi connectivity index (χ0n) is 11.7. The van der Waals surface area contributed by atoms with Crippen molar-refractivity contribution in [2.45, 2.75) is 39.2 Å². The van der Waals surface area contributed by atoms with Gasteiger partial charge in [-0.1, -0.05) is 37.0 Å². The molecule has 0 radical (unpaired) electrons. The van der Waals surface area contributed by atoms with Crippen LogP contribution >= 0.6 is 23.2 Å². The molecule has 0 saturated heterocycles. The van der Waals surface area contributed by atoms with Crippen LogP contribution in [-0.2, 0) is 5.54 Å². The van der Waals surface area contributed by atoms with Crippen molar-refractivity contribution in [2.75, 3.05) is 5.73 Å². The monoisotopic (exact) mass is 313 g/mol. The average molecular weight is 314 g/mol. The van der Waals surface area contributed by atoms with E-state index in [0.717, 1.165) is 12.8 Å². The van der Waals surface area contributed by atoms with E-state index >= 15 is 0 Å². The first kappa shape index (κ1) is 15.1. The van der Waals surface area contributed by atoms with E-state index in [1.54, 1.807) is 16.8 Å². The quantitative estimate of drug-likeness (QED) is 0.872. The normalized spacial score (nSPS) is 11.8. The molecule has 0 aliphatic rings. The summed E-state index contributed by atoms with van der Waals surface area (Å²) in [5.41, 5.74) is 6.83. The van der Waals surface area contributed by atoms with Gasteiger partial charge in [-0.15, -0.1) is 5.10 Å². The lowest BCUT2D eigenvalue weighted by molar-refractivity contribution is 0.262. The van der Waals surface area contributed by atoms with E-state index < -0.39 is 0 Å². The van der Waals surface area contributed by atoms with Crippen LogP contribution in [-0.4, -0.2) is 20.2 Å². The number of rotatable bonds is 4. The smallest absolute Gasteiger partial charge is 0.184 e. The number of hydrogen-bond donors (Lipinski definition) is 1. The van der Waals surface area contributed by atoms with Crippen LogP contribution in [0.25, 0.3) is 11.4 Å². The van der Waals surface area contributed by atoms with Gasteiger partial charge in [-0.25, -0.2) is 4.68 Å². The highest BCUT2D eigenvalue weighted by Gasteiger charge is 2.28. The Hall–Kier alpha value is -1.33. The maximum absolute atomic E-state index is 6.27. The molecular formula is C13H17Cl2N5. The summed E-state index contributed by atoms with van der Waals surface area (Å²) in [6, 6.07) is 3.35. The van der Waals surface area contributed by atoms with Crippen molar-refractivity contribution in [2.24, 2.45) is 0 Å². The number of nitrogens with two attached hydrogens (primary N) is 1. The van der Waals surface area contributed by atoms with Crippen LogP contribution in [0.1, 0.15) is 33.6 Å². The van der Waals surface area contributed by atoms with Gasteiger partial charge < -0.3 is 5.73 Å². The molecule has 0 aliphatic heterocycles. The number of nitrogen functional groups attached to an aromatic ring is 1. The van der Waals surface area contributed by atoms with Crippen LogP contribution in [0.2, 0.25) is 10.0 Å². The van der Waals surface area contributed by atoms with Crippen LogP contribution in [0, 0.1) is 0 Å². The fraction of sp³-hybridized carbons (Fsp3) is 0.462. The SMILES string of the molecule is CCC(C)(CC)n1nnnc1-c1cc(N)cc(Cl)c1Cl. The molecular weight excluding hydrogens is 297 g/mol. The first-order valence-corrected chi connectivity index (χ1v) is 7.22. The number of hydrogen-bond acceptors (Lipinski definition) is 4. The molecule has 1 aromatic carbocycles. The molecule has 108 valence electrons. The first-order chi connectivity index (χ1) is 9.42. The minimum absolute atomic E-state index is 0.181. The molecule has 1 heterocycles. The molecule has 0 aliphatic carbocycles. The lowest BCUT2D eigenvalue weighted by Gasteiger charge is -2.27. The second kappa shape index (κ2) is 5.58. The Morgan fingerprint density at radius 1 is 1.25 bits per heavy atom. The van der Waals surface area contributed by atoms with E-state index in [9.17, 15) is 0 Å². The molecule has 0 atom stereocenters. The maximum atomic E-state index is 6.27. The van der Waals surface area contributed by atoms with Gasteiger partial charge >= 0.3 is 0 Å².